The highest BCUT2D eigenvalue weighted by molar-refractivity contribution is 8.00. The number of hydrogen-bond acceptors (Lipinski definition) is 4. The van der Waals surface area contributed by atoms with Crippen molar-refractivity contribution in [3.05, 3.63) is 41.6 Å². The Kier molecular flexibility index (Phi) is 4.39. The third-order valence-corrected chi connectivity index (χ3v) is 3.59. The number of aryl methyl sites for hydroxylation is 1. The second-order valence-electron chi connectivity index (χ2n) is 4.16. The van der Waals surface area contributed by atoms with Crippen LogP contribution >= 0.6 is 11.8 Å². The van der Waals surface area contributed by atoms with Crippen molar-refractivity contribution in [3.63, 3.8) is 0 Å². The van der Waals surface area contributed by atoms with Gasteiger partial charge in [0.2, 0.25) is 11.8 Å². The molecule has 1 atom stereocenters. The summed E-state index contributed by atoms with van der Waals surface area (Å²) in [6, 6.07) is 4.81. The molecule has 2 aromatic rings. The van der Waals surface area contributed by atoms with Crippen LogP contribution in [0.1, 0.15) is 12.6 Å². The number of carbonyl (C=O) groups excluding carboxylic acids is 1. The van der Waals surface area contributed by atoms with Crippen LogP contribution < -0.4 is 5.32 Å². The monoisotopic (exact) mass is 298 g/mol. The van der Waals surface area contributed by atoms with E-state index in [2.05, 4.69) is 10.5 Å². The standard InChI is InChI=1S/C13H12F2N2O2S/c1-7-5-12(19-17-7)16-13(18)8(2)20-11-4-3-9(14)6-10(11)15/h3-6,8H,1-2H3,(H,16,18). The van der Waals surface area contributed by atoms with Crippen molar-refractivity contribution in [3.8, 4) is 0 Å². The van der Waals surface area contributed by atoms with E-state index in [1.165, 1.54) is 6.07 Å². The molecule has 1 heterocycles. The topological polar surface area (TPSA) is 55.1 Å². The number of rotatable bonds is 4. The van der Waals surface area contributed by atoms with Gasteiger partial charge in [0.25, 0.3) is 0 Å². The fraction of sp³-hybridized carbons (Fsp3) is 0.231. The number of halogens is 2. The minimum atomic E-state index is -0.690. The average molecular weight is 298 g/mol. The van der Waals surface area contributed by atoms with Gasteiger partial charge in [0.05, 0.1) is 10.9 Å². The fourth-order valence-electron chi connectivity index (χ4n) is 1.46. The maximum absolute atomic E-state index is 13.5. The molecule has 2 rings (SSSR count). The van der Waals surface area contributed by atoms with E-state index in [0.717, 1.165) is 23.9 Å². The molecule has 1 unspecified atom stereocenters. The number of anilines is 1. The van der Waals surface area contributed by atoms with Crippen LogP contribution in [0, 0.1) is 18.6 Å². The summed E-state index contributed by atoms with van der Waals surface area (Å²) in [5.41, 5.74) is 0.644. The lowest BCUT2D eigenvalue weighted by Gasteiger charge is -2.10. The molecule has 0 saturated heterocycles. The number of benzene rings is 1. The van der Waals surface area contributed by atoms with Gasteiger partial charge in [0, 0.05) is 17.0 Å². The fourth-order valence-corrected chi connectivity index (χ4v) is 2.33. The van der Waals surface area contributed by atoms with Crippen LogP contribution in [0.2, 0.25) is 0 Å². The van der Waals surface area contributed by atoms with Gasteiger partial charge in [0.1, 0.15) is 11.6 Å². The molecule has 4 nitrogen and oxygen atoms in total. The van der Waals surface area contributed by atoms with Crippen molar-refractivity contribution in [2.75, 3.05) is 5.32 Å². The van der Waals surface area contributed by atoms with Gasteiger partial charge in [-0.15, -0.1) is 11.8 Å². The number of nitrogens with zero attached hydrogens (tertiary/aromatic N) is 1. The number of aromatic nitrogens is 1. The summed E-state index contributed by atoms with van der Waals surface area (Å²) >= 11 is 0.997. The molecular formula is C13H12F2N2O2S. The highest BCUT2D eigenvalue weighted by atomic mass is 32.2. The summed E-state index contributed by atoms with van der Waals surface area (Å²) in [4.78, 5) is 12.1. The highest BCUT2D eigenvalue weighted by Gasteiger charge is 2.18. The van der Waals surface area contributed by atoms with Crippen LogP contribution in [0.4, 0.5) is 14.7 Å². The molecule has 1 aromatic carbocycles. The number of nitrogens with one attached hydrogen (secondary N) is 1. The Labute approximate surface area is 118 Å². The molecular weight excluding hydrogens is 286 g/mol. The van der Waals surface area contributed by atoms with Crippen molar-refractivity contribution < 1.29 is 18.1 Å². The second-order valence-corrected chi connectivity index (χ2v) is 5.54. The lowest BCUT2D eigenvalue weighted by molar-refractivity contribution is -0.115. The third kappa shape index (κ3) is 3.57. The van der Waals surface area contributed by atoms with Crippen LogP contribution in [-0.2, 0) is 4.79 Å². The summed E-state index contributed by atoms with van der Waals surface area (Å²) in [5, 5.41) is 5.60. The minimum Gasteiger partial charge on any atom is -0.338 e. The molecule has 1 N–H and O–H groups in total. The zero-order chi connectivity index (χ0) is 14.7. The lowest BCUT2D eigenvalue weighted by Crippen LogP contribution is -2.22. The van der Waals surface area contributed by atoms with E-state index >= 15 is 0 Å². The van der Waals surface area contributed by atoms with Gasteiger partial charge in [-0.3, -0.25) is 10.1 Å². The normalized spacial score (nSPS) is 12.2. The summed E-state index contributed by atoms with van der Waals surface area (Å²) in [7, 11) is 0. The zero-order valence-electron chi connectivity index (χ0n) is 10.8. The Morgan fingerprint density at radius 2 is 2.15 bits per heavy atom. The van der Waals surface area contributed by atoms with Gasteiger partial charge >= 0.3 is 0 Å². The van der Waals surface area contributed by atoms with Gasteiger partial charge in [-0.1, -0.05) is 5.16 Å². The molecule has 0 aliphatic carbocycles. The molecule has 0 aliphatic rings. The molecule has 0 radical (unpaired) electrons. The van der Waals surface area contributed by atoms with Gasteiger partial charge in [-0.2, -0.15) is 0 Å². The largest absolute Gasteiger partial charge is 0.338 e. The highest BCUT2D eigenvalue weighted by Crippen LogP contribution is 2.27. The minimum absolute atomic E-state index is 0.211. The predicted molar refractivity (Wildman–Crippen MR) is 71.5 cm³/mol. The predicted octanol–water partition coefficient (Wildman–Crippen LogP) is 3.38. The molecule has 0 saturated carbocycles. The van der Waals surface area contributed by atoms with Crippen LogP contribution in [0.15, 0.2) is 33.7 Å². The van der Waals surface area contributed by atoms with Crippen LogP contribution in [-0.4, -0.2) is 16.3 Å². The first-order chi connectivity index (χ1) is 9.45. The molecule has 1 amide bonds. The van der Waals surface area contributed by atoms with Gasteiger partial charge in [-0.25, -0.2) is 8.78 Å². The number of thioether (sulfide) groups is 1. The molecule has 1 aromatic heterocycles. The molecule has 106 valence electrons. The lowest BCUT2D eigenvalue weighted by atomic mass is 10.3. The second kappa shape index (κ2) is 6.04. The summed E-state index contributed by atoms with van der Waals surface area (Å²) in [6.45, 7) is 3.34. The van der Waals surface area contributed by atoms with E-state index in [1.807, 2.05) is 0 Å². The number of amides is 1. The van der Waals surface area contributed by atoms with Gasteiger partial charge in [0.15, 0.2) is 0 Å². The Morgan fingerprint density at radius 1 is 1.40 bits per heavy atom. The maximum atomic E-state index is 13.5. The van der Waals surface area contributed by atoms with E-state index in [9.17, 15) is 13.6 Å². The molecule has 0 bridgehead atoms. The molecule has 20 heavy (non-hydrogen) atoms. The maximum Gasteiger partial charge on any atom is 0.239 e. The number of hydrogen-bond donors (Lipinski definition) is 1. The van der Waals surface area contributed by atoms with Crippen molar-refractivity contribution in [1.29, 1.82) is 0 Å². The van der Waals surface area contributed by atoms with E-state index in [1.54, 1.807) is 19.9 Å². The van der Waals surface area contributed by atoms with Crippen molar-refractivity contribution >= 4 is 23.6 Å². The summed E-state index contributed by atoms with van der Waals surface area (Å²) in [5.74, 6) is -1.46. The van der Waals surface area contributed by atoms with E-state index < -0.39 is 16.9 Å². The average Bonchev–Trinajstić information content (AvgIpc) is 2.78. The number of carbonyl (C=O) groups is 1. The summed E-state index contributed by atoms with van der Waals surface area (Å²) in [6.07, 6.45) is 0. The molecule has 7 heteroatoms. The summed E-state index contributed by atoms with van der Waals surface area (Å²) < 4.78 is 31.1. The van der Waals surface area contributed by atoms with Crippen molar-refractivity contribution in [1.82, 2.24) is 5.16 Å². The van der Waals surface area contributed by atoms with Crippen molar-refractivity contribution in [2.24, 2.45) is 0 Å². The Balaban J connectivity index is 2.00. The first kappa shape index (κ1) is 14.5. The smallest absolute Gasteiger partial charge is 0.239 e. The van der Waals surface area contributed by atoms with Gasteiger partial charge in [-0.05, 0) is 26.0 Å². The SMILES string of the molecule is Cc1cc(NC(=O)C(C)Sc2ccc(F)cc2F)on1. The molecule has 0 spiro atoms. The zero-order valence-corrected chi connectivity index (χ0v) is 11.6. The molecule has 0 fully saturated rings. The molecule has 0 aliphatic heterocycles. The van der Waals surface area contributed by atoms with E-state index in [0.29, 0.717) is 5.69 Å². The quantitative estimate of drug-likeness (QED) is 0.879. The first-order valence-electron chi connectivity index (χ1n) is 5.81. The Hall–Kier alpha value is -1.89. The van der Waals surface area contributed by atoms with Crippen LogP contribution in [0.25, 0.3) is 0 Å². The first-order valence-corrected chi connectivity index (χ1v) is 6.69. The van der Waals surface area contributed by atoms with Crippen LogP contribution in [0.5, 0.6) is 0 Å². The van der Waals surface area contributed by atoms with Gasteiger partial charge < -0.3 is 4.52 Å². The van der Waals surface area contributed by atoms with E-state index in [-0.39, 0.29) is 16.7 Å². The van der Waals surface area contributed by atoms with Crippen molar-refractivity contribution in [2.45, 2.75) is 24.0 Å². The van der Waals surface area contributed by atoms with Crippen LogP contribution in [0.3, 0.4) is 0 Å². The third-order valence-electron chi connectivity index (χ3n) is 2.44. The Bertz CT molecular complexity index is 631. The van der Waals surface area contributed by atoms with E-state index in [4.69, 9.17) is 4.52 Å². The Morgan fingerprint density at radius 3 is 2.75 bits per heavy atom.